The Bertz CT molecular complexity index is 1630. The van der Waals surface area contributed by atoms with Crippen LogP contribution in [0.1, 0.15) is 47.9 Å². The number of aromatic nitrogens is 1. The molecule has 0 radical (unpaired) electrons. The second-order valence-corrected chi connectivity index (χ2v) is 10.5. The fraction of sp³-hybridized carbons (Fsp3) is 0.206. The van der Waals surface area contributed by atoms with Crippen molar-refractivity contribution < 1.29 is 14.1 Å². The topological polar surface area (TPSA) is 77.2 Å². The molecule has 0 aliphatic heterocycles. The summed E-state index contributed by atoms with van der Waals surface area (Å²) < 4.78 is 16.0. The number of nitrogens with one attached hydrogen (secondary N) is 1. The molecule has 0 saturated carbocycles. The minimum atomic E-state index is -0.432. The zero-order chi connectivity index (χ0) is 28.8. The van der Waals surface area contributed by atoms with Crippen LogP contribution in [0.25, 0.3) is 10.9 Å². The number of nitro benzene ring substituents is 1. The Morgan fingerprint density at radius 3 is 2.24 bits per heavy atom. The molecule has 0 saturated heterocycles. The summed E-state index contributed by atoms with van der Waals surface area (Å²) in [4.78, 5) is 24.7. The van der Waals surface area contributed by atoms with E-state index in [1.54, 1.807) is 24.3 Å². The quantitative estimate of drug-likeness (QED) is 0.138. The minimum absolute atomic E-state index is 0.0203. The third-order valence-electron chi connectivity index (χ3n) is 7.46. The van der Waals surface area contributed by atoms with Crippen LogP contribution in [0.3, 0.4) is 0 Å². The highest BCUT2D eigenvalue weighted by Crippen LogP contribution is 2.37. The largest absolute Gasteiger partial charge is 0.354 e. The molecule has 0 aliphatic carbocycles. The maximum absolute atomic E-state index is 13.9. The third-order valence-corrected chi connectivity index (χ3v) is 7.46. The highest BCUT2D eigenvalue weighted by molar-refractivity contribution is 5.88. The second-order valence-electron chi connectivity index (χ2n) is 10.5. The predicted octanol–water partition coefficient (Wildman–Crippen LogP) is 7.40. The summed E-state index contributed by atoms with van der Waals surface area (Å²) in [7, 11) is 0. The van der Waals surface area contributed by atoms with Gasteiger partial charge in [0.2, 0.25) is 5.91 Å². The van der Waals surface area contributed by atoms with E-state index in [2.05, 4.69) is 22.0 Å². The molecule has 1 amide bonds. The van der Waals surface area contributed by atoms with E-state index < -0.39 is 10.8 Å². The van der Waals surface area contributed by atoms with E-state index in [0.717, 1.165) is 35.0 Å². The van der Waals surface area contributed by atoms with Crippen LogP contribution in [-0.4, -0.2) is 21.4 Å². The Balaban J connectivity index is 1.48. The molecule has 1 N–H and O–H groups in total. The Morgan fingerprint density at radius 1 is 0.927 bits per heavy atom. The van der Waals surface area contributed by atoms with Crippen molar-refractivity contribution in [1.29, 1.82) is 0 Å². The van der Waals surface area contributed by atoms with Crippen molar-refractivity contribution in [3.05, 3.63) is 148 Å². The molecule has 6 nitrogen and oxygen atoms in total. The number of carbonyl (C=O) groups is 1. The first-order valence-corrected chi connectivity index (χ1v) is 13.8. The lowest BCUT2D eigenvalue weighted by atomic mass is 9.87. The van der Waals surface area contributed by atoms with Gasteiger partial charge in [0.05, 0.1) is 4.92 Å². The van der Waals surface area contributed by atoms with Crippen molar-refractivity contribution in [2.45, 2.75) is 44.7 Å². The number of fused-ring (bicyclic) bond motifs is 1. The zero-order valence-electron chi connectivity index (χ0n) is 22.9. The first-order valence-electron chi connectivity index (χ1n) is 13.8. The van der Waals surface area contributed by atoms with Crippen molar-refractivity contribution in [1.82, 2.24) is 9.88 Å². The molecule has 7 heteroatoms. The van der Waals surface area contributed by atoms with Crippen LogP contribution in [0, 0.1) is 15.9 Å². The van der Waals surface area contributed by atoms with E-state index in [9.17, 15) is 19.3 Å². The normalized spacial score (nSPS) is 12.6. The van der Waals surface area contributed by atoms with Crippen molar-refractivity contribution in [3.63, 3.8) is 0 Å². The average molecular weight is 550 g/mol. The highest BCUT2D eigenvalue weighted by atomic mass is 19.1. The van der Waals surface area contributed by atoms with Crippen LogP contribution in [0.5, 0.6) is 0 Å². The van der Waals surface area contributed by atoms with Gasteiger partial charge in [-0.1, -0.05) is 72.8 Å². The summed E-state index contributed by atoms with van der Waals surface area (Å²) in [5.41, 5.74) is 4.66. The van der Waals surface area contributed by atoms with Gasteiger partial charge in [-0.05, 0) is 60.2 Å². The lowest BCUT2D eigenvalue weighted by Crippen LogP contribution is -2.33. The molecule has 0 fully saturated rings. The van der Waals surface area contributed by atoms with Crippen molar-refractivity contribution >= 4 is 22.5 Å². The summed E-state index contributed by atoms with van der Waals surface area (Å²) >= 11 is 0. The molecule has 208 valence electrons. The van der Waals surface area contributed by atoms with Gasteiger partial charge in [0.1, 0.15) is 5.82 Å². The van der Waals surface area contributed by atoms with Crippen LogP contribution in [0.4, 0.5) is 10.1 Å². The second kappa shape index (κ2) is 12.6. The molecular formula is C34H32FN3O3. The molecule has 0 unspecified atom stereocenters. The molecule has 5 aromatic rings. The molecule has 1 aromatic heterocycles. The number of halogens is 1. The molecule has 41 heavy (non-hydrogen) atoms. The number of non-ortho nitro benzene ring substituents is 1. The predicted molar refractivity (Wildman–Crippen MR) is 159 cm³/mol. The van der Waals surface area contributed by atoms with Crippen LogP contribution in [0.2, 0.25) is 0 Å². The Labute approximate surface area is 238 Å². The van der Waals surface area contributed by atoms with Gasteiger partial charge in [-0.25, -0.2) is 4.39 Å². The van der Waals surface area contributed by atoms with E-state index in [0.29, 0.717) is 11.9 Å². The maximum Gasteiger partial charge on any atom is 0.270 e. The number of carbonyl (C=O) groups excluding carboxylic acids is 1. The molecular weight excluding hydrogens is 517 g/mol. The van der Waals surface area contributed by atoms with E-state index in [1.807, 2.05) is 61.7 Å². The fourth-order valence-corrected chi connectivity index (χ4v) is 5.34. The highest BCUT2D eigenvalue weighted by Gasteiger charge is 2.25. The number of aryl methyl sites for hydroxylation is 1. The summed E-state index contributed by atoms with van der Waals surface area (Å²) in [5.74, 6) is -0.929. The van der Waals surface area contributed by atoms with Gasteiger partial charge >= 0.3 is 0 Å². The number of rotatable bonds is 11. The Morgan fingerprint density at radius 2 is 1.59 bits per heavy atom. The van der Waals surface area contributed by atoms with Crippen LogP contribution < -0.4 is 5.32 Å². The molecule has 2 atom stereocenters. The summed E-state index contributed by atoms with van der Waals surface area (Å²) in [6.45, 7) is 2.55. The maximum atomic E-state index is 13.9. The van der Waals surface area contributed by atoms with Gasteiger partial charge in [-0.3, -0.25) is 14.9 Å². The molecule has 0 spiro atoms. The van der Waals surface area contributed by atoms with Crippen LogP contribution >= 0.6 is 0 Å². The smallest absolute Gasteiger partial charge is 0.270 e. The van der Waals surface area contributed by atoms with Gasteiger partial charge in [0.25, 0.3) is 5.69 Å². The van der Waals surface area contributed by atoms with Gasteiger partial charge in [0, 0.05) is 54.2 Å². The van der Waals surface area contributed by atoms with Crippen LogP contribution in [0.15, 0.2) is 109 Å². The molecule has 0 aliphatic rings. The van der Waals surface area contributed by atoms with E-state index in [4.69, 9.17) is 0 Å². The van der Waals surface area contributed by atoms with E-state index >= 15 is 0 Å². The standard InChI is InChI=1S/C34H32FN3O3/c1-24(12-13-25-8-4-2-5-9-25)36-34(39)21-30(27-14-16-28(35)17-15-27)32-23-37(22-26-10-6-3-7-11-26)33-19-18-29(38(40)41)20-31(32)33/h2-11,14-20,23-24,30H,12-13,21-22H2,1H3,(H,36,39)/t24-,30-/m1/s1. The van der Waals surface area contributed by atoms with E-state index in [-0.39, 0.29) is 29.9 Å². The van der Waals surface area contributed by atoms with Crippen LogP contribution in [-0.2, 0) is 17.8 Å². The Kier molecular flexibility index (Phi) is 8.53. The van der Waals surface area contributed by atoms with E-state index in [1.165, 1.54) is 23.8 Å². The van der Waals surface area contributed by atoms with Crippen molar-refractivity contribution in [2.24, 2.45) is 0 Å². The number of nitrogens with zero attached hydrogens (tertiary/aromatic N) is 2. The van der Waals surface area contributed by atoms with Crippen molar-refractivity contribution in [3.8, 4) is 0 Å². The monoisotopic (exact) mass is 549 g/mol. The number of nitro groups is 1. The molecule has 1 heterocycles. The zero-order valence-corrected chi connectivity index (χ0v) is 22.9. The summed E-state index contributed by atoms with van der Waals surface area (Å²) in [5, 5.41) is 15.5. The first-order chi connectivity index (χ1) is 19.9. The number of hydrogen-bond donors (Lipinski definition) is 1. The number of hydrogen-bond acceptors (Lipinski definition) is 3. The molecule has 0 bridgehead atoms. The lowest BCUT2D eigenvalue weighted by molar-refractivity contribution is -0.384. The third kappa shape index (κ3) is 6.87. The first kappa shape index (κ1) is 27.8. The SMILES string of the molecule is C[C@H](CCc1ccccc1)NC(=O)C[C@H](c1ccc(F)cc1)c1cn(Cc2ccccc2)c2ccc([N+](=O)[O-])cc12. The molecule has 4 aromatic carbocycles. The van der Waals surface area contributed by atoms with Gasteiger partial charge in [-0.15, -0.1) is 0 Å². The fourth-order valence-electron chi connectivity index (χ4n) is 5.34. The molecule has 5 rings (SSSR count). The Hall–Kier alpha value is -4.78. The average Bonchev–Trinajstić information content (AvgIpc) is 3.33. The van der Waals surface area contributed by atoms with Gasteiger partial charge in [-0.2, -0.15) is 0 Å². The number of amides is 1. The summed E-state index contributed by atoms with van der Waals surface area (Å²) in [6.07, 6.45) is 3.73. The minimum Gasteiger partial charge on any atom is -0.354 e. The van der Waals surface area contributed by atoms with Gasteiger partial charge in [0.15, 0.2) is 0 Å². The van der Waals surface area contributed by atoms with Gasteiger partial charge < -0.3 is 9.88 Å². The summed E-state index contributed by atoms with van der Waals surface area (Å²) in [6, 6.07) is 31.0. The number of benzene rings is 4. The lowest BCUT2D eigenvalue weighted by Gasteiger charge is -2.20. The van der Waals surface area contributed by atoms with Crippen molar-refractivity contribution in [2.75, 3.05) is 0 Å².